The van der Waals surface area contributed by atoms with Crippen LogP contribution in [0.5, 0.6) is 0 Å². The number of halogens is 2. The van der Waals surface area contributed by atoms with Crippen LogP contribution in [0.1, 0.15) is 67.7 Å². The largest absolute Gasteiger partial charge is 0.398 e. The van der Waals surface area contributed by atoms with Gasteiger partial charge in [-0.05, 0) is 66.6 Å². The lowest BCUT2D eigenvalue weighted by Gasteiger charge is -2.14. The Morgan fingerprint density at radius 3 is 2.60 bits per heavy atom. The first kappa shape index (κ1) is 22.5. The number of ketones is 1. The zero-order valence-corrected chi connectivity index (χ0v) is 18.6. The maximum absolute atomic E-state index is 13.1. The molecule has 0 saturated heterocycles. The number of hydrogen-bond donors (Lipinski definition) is 2. The summed E-state index contributed by atoms with van der Waals surface area (Å²) in [5, 5.41) is 3.15. The molecule has 0 aromatic heterocycles. The lowest BCUT2D eigenvalue weighted by Crippen LogP contribution is -2.26. The van der Waals surface area contributed by atoms with Crippen molar-refractivity contribution in [1.29, 1.82) is 0 Å². The second-order valence-corrected chi connectivity index (χ2v) is 8.89. The van der Waals surface area contributed by atoms with Gasteiger partial charge >= 0.3 is 0 Å². The minimum Gasteiger partial charge on any atom is -0.398 e. The van der Waals surface area contributed by atoms with E-state index in [2.05, 4.69) is 33.4 Å². The Labute approximate surface area is 185 Å². The Hall–Kier alpha value is -2.21. The van der Waals surface area contributed by atoms with E-state index >= 15 is 0 Å². The third kappa shape index (κ3) is 6.39. The number of aryl methyl sites for hydroxylation is 1. The number of rotatable bonds is 10. The van der Waals surface area contributed by atoms with Gasteiger partial charge in [0.2, 0.25) is 5.91 Å². The molecule has 30 heavy (non-hydrogen) atoms. The molecule has 1 atom stereocenters. The van der Waals surface area contributed by atoms with Crippen LogP contribution in [-0.4, -0.2) is 11.7 Å². The summed E-state index contributed by atoms with van der Waals surface area (Å²) in [7, 11) is 0. The monoisotopic (exact) mass is 474 g/mol. The van der Waals surface area contributed by atoms with Gasteiger partial charge in [0, 0.05) is 29.4 Å². The number of nitrogens with two attached hydrogens (primary N) is 1. The summed E-state index contributed by atoms with van der Waals surface area (Å²) in [6.45, 7) is 0. The molecule has 0 radical (unpaired) electrons. The molecular weight excluding hydrogens is 447 g/mol. The van der Waals surface area contributed by atoms with E-state index in [4.69, 9.17) is 5.73 Å². The summed E-state index contributed by atoms with van der Waals surface area (Å²) >= 11 is 3.49. The van der Waals surface area contributed by atoms with Crippen LogP contribution in [0.4, 0.5) is 10.1 Å². The number of hydrogen-bond acceptors (Lipinski definition) is 3. The molecule has 0 bridgehead atoms. The van der Waals surface area contributed by atoms with Crippen molar-refractivity contribution in [3.63, 3.8) is 0 Å². The third-order valence-corrected chi connectivity index (χ3v) is 6.12. The molecule has 1 amide bonds. The van der Waals surface area contributed by atoms with Gasteiger partial charge in [-0.1, -0.05) is 40.9 Å². The van der Waals surface area contributed by atoms with E-state index in [0.29, 0.717) is 24.1 Å². The Balaban J connectivity index is 1.28. The zero-order valence-electron chi connectivity index (χ0n) is 17.1. The van der Waals surface area contributed by atoms with Crippen molar-refractivity contribution in [3.05, 3.63) is 63.4 Å². The number of Topliss-reactive ketones (excluding diaryl/α,β-unsaturated/α-hetero) is 1. The van der Waals surface area contributed by atoms with E-state index in [0.717, 1.165) is 43.0 Å². The normalized spacial score (nSPS) is 15.1. The third-order valence-electron chi connectivity index (χ3n) is 5.62. The molecule has 0 spiro atoms. The van der Waals surface area contributed by atoms with E-state index in [1.165, 1.54) is 23.3 Å². The number of anilines is 1. The van der Waals surface area contributed by atoms with Crippen molar-refractivity contribution >= 4 is 33.3 Å². The summed E-state index contributed by atoms with van der Waals surface area (Å²) in [6, 6.07) is 10.5. The fourth-order valence-corrected chi connectivity index (χ4v) is 4.40. The average Bonchev–Trinajstić information content (AvgIpc) is 3.08. The van der Waals surface area contributed by atoms with Gasteiger partial charge in [0.15, 0.2) is 0 Å². The summed E-state index contributed by atoms with van der Waals surface area (Å²) in [5.74, 6) is -0.186. The minimum absolute atomic E-state index is 0.0960. The quantitative estimate of drug-likeness (QED) is 0.356. The highest BCUT2D eigenvalue weighted by Crippen LogP contribution is 2.33. The first-order valence-electron chi connectivity index (χ1n) is 10.6. The number of nitrogen functional groups attached to an aromatic ring is 1. The van der Waals surface area contributed by atoms with E-state index in [1.54, 1.807) is 6.07 Å². The van der Waals surface area contributed by atoms with Gasteiger partial charge in [-0.3, -0.25) is 9.59 Å². The van der Waals surface area contributed by atoms with Crippen molar-refractivity contribution in [3.8, 4) is 0 Å². The number of nitrogens with one attached hydrogen (secondary N) is 1. The number of carbonyl (C=O) groups excluding carboxylic acids is 2. The molecule has 4 nitrogen and oxygen atoms in total. The molecule has 6 heteroatoms. The van der Waals surface area contributed by atoms with Gasteiger partial charge in [-0.15, -0.1) is 0 Å². The van der Waals surface area contributed by atoms with Crippen LogP contribution in [0, 0.1) is 5.82 Å². The maximum atomic E-state index is 13.1. The lowest BCUT2D eigenvalue weighted by molar-refractivity contribution is -0.122. The summed E-state index contributed by atoms with van der Waals surface area (Å²) in [4.78, 5) is 24.4. The summed E-state index contributed by atoms with van der Waals surface area (Å²) in [6.07, 6.45) is 6.66. The Morgan fingerprint density at radius 1 is 1.07 bits per heavy atom. The molecule has 3 rings (SSSR count). The second kappa shape index (κ2) is 10.7. The van der Waals surface area contributed by atoms with Gasteiger partial charge < -0.3 is 11.1 Å². The molecule has 0 fully saturated rings. The summed E-state index contributed by atoms with van der Waals surface area (Å²) in [5.41, 5.74) is 9.29. The molecule has 1 unspecified atom stereocenters. The van der Waals surface area contributed by atoms with E-state index in [-0.39, 0.29) is 24.2 Å². The highest BCUT2D eigenvalue weighted by atomic mass is 79.9. The first-order valence-corrected chi connectivity index (χ1v) is 11.3. The van der Waals surface area contributed by atoms with Gasteiger partial charge in [0.25, 0.3) is 0 Å². The van der Waals surface area contributed by atoms with Crippen molar-refractivity contribution in [2.75, 3.05) is 5.73 Å². The number of unbranched alkanes of at least 4 members (excludes halogenated alkanes) is 3. The van der Waals surface area contributed by atoms with E-state index < -0.39 is 5.82 Å². The van der Waals surface area contributed by atoms with Crippen LogP contribution in [0.3, 0.4) is 0 Å². The van der Waals surface area contributed by atoms with Crippen molar-refractivity contribution in [1.82, 2.24) is 5.32 Å². The standard InChI is InChI=1S/C24H28BrFN2O2/c25-18-9-11-21-16(13-18)8-12-23(21)28-24(30)6-4-2-1-3-5-20(29)14-17-7-10-19(26)15-22(17)27/h7,9-11,13,15,23H,1-6,8,12,14,27H2,(H,28,30). The SMILES string of the molecule is Nc1cc(F)ccc1CC(=O)CCCCCCC(=O)NC1CCc2cc(Br)ccc21. The predicted molar refractivity (Wildman–Crippen MR) is 121 cm³/mol. The van der Waals surface area contributed by atoms with Crippen LogP contribution in [0.2, 0.25) is 0 Å². The molecular formula is C24H28BrFN2O2. The number of benzene rings is 2. The van der Waals surface area contributed by atoms with Crippen molar-refractivity contribution < 1.29 is 14.0 Å². The van der Waals surface area contributed by atoms with Crippen LogP contribution in [-0.2, 0) is 22.4 Å². The average molecular weight is 475 g/mol. The fraction of sp³-hybridized carbons (Fsp3) is 0.417. The highest BCUT2D eigenvalue weighted by molar-refractivity contribution is 9.10. The van der Waals surface area contributed by atoms with Crippen LogP contribution in [0.25, 0.3) is 0 Å². The predicted octanol–water partition coefficient (Wildman–Crippen LogP) is 5.43. The van der Waals surface area contributed by atoms with Crippen molar-refractivity contribution in [2.24, 2.45) is 0 Å². The molecule has 2 aromatic carbocycles. The molecule has 1 aliphatic carbocycles. The van der Waals surface area contributed by atoms with E-state index in [9.17, 15) is 14.0 Å². The maximum Gasteiger partial charge on any atom is 0.220 e. The Bertz CT molecular complexity index is 916. The molecule has 0 heterocycles. The zero-order chi connectivity index (χ0) is 21.5. The van der Waals surface area contributed by atoms with Crippen LogP contribution < -0.4 is 11.1 Å². The topological polar surface area (TPSA) is 72.2 Å². The van der Waals surface area contributed by atoms with E-state index in [1.807, 2.05) is 6.07 Å². The first-order chi connectivity index (χ1) is 14.4. The number of carbonyl (C=O) groups is 2. The lowest BCUT2D eigenvalue weighted by atomic mass is 10.0. The molecule has 0 aliphatic heterocycles. The number of fused-ring (bicyclic) bond motifs is 1. The van der Waals surface area contributed by atoms with Crippen LogP contribution >= 0.6 is 15.9 Å². The second-order valence-electron chi connectivity index (χ2n) is 7.97. The van der Waals surface area contributed by atoms with Gasteiger partial charge in [-0.25, -0.2) is 4.39 Å². The fourth-order valence-electron chi connectivity index (χ4n) is 3.99. The van der Waals surface area contributed by atoms with Crippen molar-refractivity contribution in [2.45, 2.75) is 63.8 Å². The minimum atomic E-state index is -0.391. The smallest absolute Gasteiger partial charge is 0.220 e. The molecule has 0 saturated carbocycles. The van der Waals surface area contributed by atoms with Gasteiger partial charge in [0.1, 0.15) is 11.6 Å². The Morgan fingerprint density at radius 2 is 1.83 bits per heavy atom. The van der Waals surface area contributed by atoms with Gasteiger partial charge in [0.05, 0.1) is 6.04 Å². The molecule has 1 aliphatic rings. The van der Waals surface area contributed by atoms with Gasteiger partial charge in [-0.2, -0.15) is 0 Å². The number of amides is 1. The Kier molecular flexibility index (Phi) is 8.02. The molecule has 3 N–H and O–H groups in total. The van der Waals surface area contributed by atoms with Crippen LogP contribution in [0.15, 0.2) is 40.9 Å². The summed E-state index contributed by atoms with van der Waals surface area (Å²) < 4.78 is 14.1. The molecule has 160 valence electrons. The molecule has 2 aromatic rings. The highest BCUT2D eigenvalue weighted by Gasteiger charge is 2.23.